The predicted octanol–water partition coefficient (Wildman–Crippen LogP) is 0.753. The Morgan fingerprint density at radius 2 is 1.94 bits per heavy atom. The van der Waals surface area contributed by atoms with Gasteiger partial charge in [0, 0.05) is 12.6 Å². The van der Waals surface area contributed by atoms with Crippen LogP contribution in [-0.4, -0.2) is 37.5 Å². The summed E-state index contributed by atoms with van der Waals surface area (Å²) in [5.74, 6) is -0.134. The Morgan fingerprint density at radius 3 is 2.47 bits per heavy atom. The third-order valence-corrected chi connectivity index (χ3v) is 2.89. The summed E-state index contributed by atoms with van der Waals surface area (Å²) in [4.78, 5) is 13.9. The quantitative estimate of drug-likeness (QED) is 0.792. The Kier molecular flexibility index (Phi) is 5.12. The topological polar surface area (TPSA) is 58.4 Å². The summed E-state index contributed by atoms with van der Waals surface area (Å²) in [6, 6.07) is 9.09. The molecule has 4 nitrogen and oxygen atoms in total. The monoisotopic (exact) mass is 235 g/mol. The fourth-order valence-corrected chi connectivity index (χ4v) is 1.35. The first-order chi connectivity index (χ1) is 8.02. The van der Waals surface area contributed by atoms with E-state index < -0.39 is 6.04 Å². The maximum Gasteiger partial charge on any atom is 0.241 e. The van der Waals surface area contributed by atoms with E-state index in [1.54, 1.807) is 0 Å². The van der Waals surface area contributed by atoms with Gasteiger partial charge in [-0.2, -0.15) is 0 Å². The molecule has 1 rings (SSSR count). The van der Waals surface area contributed by atoms with Crippen LogP contribution in [0.25, 0.3) is 0 Å². The van der Waals surface area contributed by atoms with Gasteiger partial charge < -0.3 is 16.0 Å². The first kappa shape index (κ1) is 13.7. The number of nitrogens with two attached hydrogens (primary N) is 1. The van der Waals surface area contributed by atoms with Crippen LogP contribution in [0.15, 0.2) is 30.3 Å². The highest BCUT2D eigenvalue weighted by Gasteiger charge is 2.16. The summed E-state index contributed by atoms with van der Waals surface area (Å²) in [5.41, 5.74) is 6.71. The van der Waals surface area contributed by atoms with Crippen molar-refractivity contribution in [3.05, 3.63) is 35.9 Å². The van der Waals surface area contributed by atoms with Crippen molar-refractivity contribution < 1.29 is 4.79 Å². The van der Waals surface area contributed by atoms with E-state index in [4.69, 9.17) is 5.73 Å². The number of nitrogens with one attached hydrogen (secondary N) is 1. The summed E-state index contributed by atoms with van der Waals surface area (Å²) in [5, 5.41) is 2.86. The number of amides is 1. The molecule has 1 aromatic rings. The van der Waals surface area contributed by atoms with Gasteiger partial charge in [-0.15, -0.1) is 0 Å². The van der Waals surface area contributed by atoms with Gasteiger partial charge >= 0.3 is 0 Å². The van der Waals surface area contributed by atoms with Crippen LogP contribution in [0.5, 0.6) is 0 Å². The molecule has 4 heteroatoms. The van der Waals surface area contributed by atoms with Crippen molar-refractivity contribution in [3.8, 4) is 0 Å². The molecule has 0 aliphatic carbocycles. The summed E-state index contributed by atoms with van der Waals surface area (Å²) < 4.78 is 0. The number of rotatable bonds is 5. The molecule has 1 unspecified atom stereocenters. The second-order valence-corrected chi connectivity index (χ2v) is 4.45. The average Bonchev–Trinajstić information content (AvgIpc) is 2.35. The normalized spacial score (nSPS) is 14.4. The molecule has 1 aromatic carbocycles. The van der Waals surface area contributed by atoms with Gasteiger partial charge in [-0.3, -0.25) is 4.79 Å². The highest BCUT2D eigenvalue weighted by Crippen LogP contribution is 2.09. The molecule has 0 aliphatic heterocycles. The van der Waals surface area contributed by atoms with E-state index in [9.17, 15) is 4.79 Å². The molecule has 0 saturated heterocycles. The van der Waals surface area contributed by atoms with E-state index in [1.165, 1.54) is 0 Å². The summed E-state index contributed by atoms with van der Waals surface area (Å²) in [6.45, 7) is 2.65. The first-order valence-corrected chi connectivity index (χ1v) is 5.77. The van der Waals surface area contributed by atoms with E-state index in [2.05, 4.69) is 5.32 Å². The highest BCUT2D eigenvalue weighted by molar-refractivity contribution is 5.82. The Morgan fingerprint density at radius 1 is 1.35 bits per heavy atom. The predicted molar refractivity (Wildman–Crippen MR) is 69.5 cm³/mol. The molecule has 0 aromatic heterocycles. The Balaban J connectivity index is 2.48. The van der Waals surface area contributed by atoms with Gasteiger partial charge in [0.15, 0.2) is 0 Å². The zero-order valence-corrected chi connectivity index (χ0v) is 10.7. The lowest BCUT2D eigenvalue weighted by Gasteiger charge is -2.21. The van der Waals surface area contributed by atoms with Crippen molar-refractivity contribution in [3.63, 3.8) is 0 Å². The lowest BCUT2D eigenvalue weighted by Crippen LogP contribution is -2.41. The van der Waals surface area contributed by atoms with Crippen molar-refractivity contribution in [2.75, 3.05) is 20.6 Å². The van der Waals surface area contributed by atoms with Gasteiger partial charge in [0.25, 0.3) is 0 Å². The molecule has 0 heterocycles. The summed E-state index contributed by atoms with van der Waals surface area (Å²) >= 11 is 0. The van der Waals surface area contributed by atoms with Crippen LogP contribution in [0, 0.1) is 0 Å². The van der Waals surface area contributed by atoms with Crippen LogP contribution >= 0.6 is 0 Å². The van der Waals surface area contributed by atoms with E-state index in [0.29, 0.717) is 12.6 Å². The molecular formula is C13H21N3O. The van der Waals surface area contributed by atoms with E-state index in [1.807, 2.05) is 56.3 Å². The van der Waals surface area contributed by atoms with Gasteiger partial charge in [0.1, 0.15) is 6.04 Å². The lowest BCUT2D eigenvalue weighted by atomic mass is 10.1. The van der Waals surface area contributed by atoms with Crippen LogP contribution in [0.4, 0.5) is 0 Å². The average molecular weight is 235 g/mol. The van der Waals surface area contributed by atoms with E-state index in [0.717, 1.165) is 5.56 Å². The third-order valence-electron chi connectivity index (χ3n) is 2.89. The largest absolute Gasteiger partial charge is 0.353 e. The molecule has 2 atom stereocenters. The number of nitrogens with zero attached hydrogens (tertiary/aromatic N) is 1. The molecule has 94 valence electrons. The van der Waals surface area contributed by atoms with Gasteiger partial charge in [-0.1, -0.05) is 30.3 Å². The number of hydrogen-bond acceptors (Lipinski definition) is 3. The molecule has 0 spiro atoms. The molecule has 17 heavy (non-hydrogen) atoms. The minimum Gasteiger partial charge on any atom is -0.353 e. The molecule has 0 saturated carbocycles. The molecule has 1 amide bonds. The minimum absolute atomic E-state index is 0.134. The van der Waals surface area contributed by atoms with Crippen LogP contribution in [0.3, 0.4) is 0 Å². The van der Waals surface area contributed by atoms with Crippen molar-refractivity contribution in [1.82, 2.24) is 10.2 Å². The van der Waals surface area contributed by atoms with E-state index >= 15 is 0 Å². The van der Waals surface area contributed by atoms with Crippen molar-refractivity contribution in [1.29, 1.82) is 0 Å². The van der Waals surface area contributed by atoms with Crippen LogP contribution in [0.2, 0.25) is 0 Å². The fourth-order valence-electron chi connectivity index (χ4n) is 1.35. The van der Waals surface area contributed by atoms with E-state index in [-0.39, 0.29) is 5.91 Å². The number of carbonyl (C=O) groups is 1. The van der Waals surface area contributed by atoms with Crippen LogP contribution in [0.1, 0.15) is 18.5 Å². The van der Waals surface area contributed by atoms with Crippen molar-refractivity contribution in [2.45, 2.75) is 19.0 Å². The fraction of sp³-hybridized carbons (Fsp3) is 0.462. The SMILES string of the molecule is CC(CNC(=O)[C@@H](N)c1ccccc1)N(C)C. The van der Waals surface area contributed by atoms with Gasteiger partial charge in [-0.25, -0.2) is 0 Å². The standard InChI is InChI=1S/C13H21N3O/c1-10(16(2)3)9-15-13(17)12(14)11-7-5-4-6-8-11/h4-8,10,12H,9,14H2,1-3H3,(H,15,17)/t10?,12-/m0/s1. The zero-order valence-electron chi connectivity index (χ0n) is 10.7. The number of hydrogen-bond donors (Lipinski definition) is 2. The number of likely N-dealkylation sites (N-methyl/N-ethyl adjacent to an activating group) is 1. The summed E-state index contributed by atoms with van der Waals surface area (Å²) in [7, 11) is 3.96. The Bertz CT molecular complexity index is 351. The maximum atomic E-state index is 11.8. The van der Waals surface area contributed by atoms with Gasteiger partial charge in [-0.05, 0) is 26.6 Å². The van der Waals surface area contributed by atoms with Gasteiger partial charge in [0.2, 0.25) is 5.91 Å². The molecule has 3 N–H and O–H groups in total. The van der Waals surface area contributed by atoms with Crippen LogP contribution < -0.4 is 11.1 Å². The first-order valence-electron chi connectivity index (χ1n) is 5.77. The summed E-state index contributed by atoms with van der Waals surface area (Å²) in [6.07, 6.45) is 0. The van der Waals surface area contributed by atoms with Crippen molar-refractivity contribution >= 4 is 5.91 Å². The Hall–Kier alpha value is -1.39. The third kappa shape index (κ3) is 4.17. The molecular weight excluding hydrogens is 214 g/mol. The number of benzene rings is 1. The highest BCUT2D eigenvalue weighted by atomic mass is 16.2. The smallest absolute Gasteiger partial charge is 0.241 e. The molecule has 0 aliphatic rings. The minimum atomic E-state index is -0.592. The molecule has 0 bridgehead atoms. The second kappa shape index (κ2) is 6.37. The Labute approximate surface area is 103 Å². The molecule has 0 radical (unpaired) electrons. The lowest BCUT2D eigenvalue weighted by molar-refractivity contribution is -0.122. The van der Waals surface area contributed by atoms with Crippen molar-refractivity contribution in [2.24, 2.45) is 5.73 Å². The van der Waals surface area contributed by atoms with Crippen LogP contribution in [-0.2, 0) is 4.79 Å². The molecule has 0 fully saturated rings. The van der Waals surface area contributed by atoms with Gasteiger partial charge in [0.05, 0.1) is 0 Å². The zero-order chi connectivity index (χ0) is 12.8. The number of carbonyl (C=O) groups excluding carboxylic acids is 1. The second-order valence-electron chi connectivity index (χ2n) is 4.45. The maximum absolute atomic E-state index is 11.8.